The highest BCUT2D eigenvalue weighted by Gasteiger charge is 2.25. The van der Waals surface area contributed by atoms with Crippen LogP contribution in [0.15, 0.2) is 30.3 Å². The summed E-state index contributed by atoms with van der Waals surface area (Å²) in [5.41, 5.74) is 1.39. The molecular formula is C19H31N3O. The Morgan fingerprint density at radius 1 is 1.26 bits per heavy atom. The quantitative estimate of drug-likeness (QED) is 0.785. The molecule has 0 radical (unpaired) electrons. The third-order valence-corrected chi connectivity index (χ3v) is 4.42. The van der Waals surface area contributed by atoms with Crippen molar-refractivity contribution in [2.75, 3.05) is 39.8 Å². The molecule has 1 aromatic carbocycles. The molecule has 128 valence electrons. The molecule has 0 spiro atoms. The van der Waals surface area contributed by atoms with Crippen molar-refractivity contribution in [2.24, 2.45) is 5.92 Å². The zero-order valence-corrected chi connectivity index (χ0v) is 14.8. The number of piperazine rings is 1. The van der Waals surface area contributed by atoms with Gasteiger partial charge in [0.1, 0.15) is 0 Å². The Morgan fingerprint density at radius 2 is 2.00 bits per heavy atom. The van der Waals surface area contributed by atoms with Crippen molar-refractivity contribution >= 4 is 5.91 Å². The van der Waals surface area contributed by atoms with Gasteiger partial charge in [0, 0.05) is 45.2 Å². The van der Waals surface area contributed by atoms with Crippen molar-refractivity contribution in [3.8, 4) is 0 Å². The fourth-order valence-corrected chi connectivity index (χ4v) is 3.17. The van der Waals surface area contributed by atoms with Crippen LogP contribution in [0.25, 0.3) is 0 Å². The van der Waals surface area contributed by atoms with Gasteiger partial charge in [-0.15, -0.1) is 0 Å². The second-order valence-electron chi connectivity index (χ2n) is 7.03. The Morgan fingerprint density at radius 3 is 2.70 bits per heavy atom. The smallest absolute Gasteiger partial charge is 0.220 e. The Kier molecular flexibility index (Phi) is 7.06. The molecule has 1 amide bonds. The van der Waals surface area contributed by atoms with Crippen LogP contribution in [-0.4, -0.2) is 55.5 Å². The lowest BCUT2D eigenvalue weighted by Gasteiger charge is -2.40. The molecule has 23 heavy (non-hydrogen) atoms. The van der Waals surface area contributed by atoms with Gasteiger partial charge in [-0.05, 0) is 24.9 Å². The number of nitrogens with one attached hydrogen (secondary N) is 1. The van der Waals surface area contributed by atoms with Crippen LogP contribution < -0.4 is 5.32 Å². The number of carbonyl (C=O) groups is 1. The maximum atomic E-state index is 11.7. The van der Waals surface area contributed by atoms with Crippen molar-refractivity contribution < 1.29 is 4.79 Å². The predicted octanol–water partition coefficient (Wildman–Crippen LogP) is 2.53. The predicted molar refractivity (Wildman–Crippen MR) is 95.3 cm³/mol. The van der Waals surface area contributed by atoms with E-state index in [1.165, 1.54) is 5.56 Å². The minimum atomic E-state index is 0.179. The molecule has 1 aliphatic rings. The minimum Gasteiger partial charge on any atom is -0.356 e. The number of rotatable bonds is 7. The molecular weight excluding hydrogens is 286 g/mol. The minimum absolute atomic E-state index is 0.179. The van der Waals surface area contributed by atoms with E-state index in [-0.39, 0.29) is 5.91 Å². The molecule has 1 unspecified atom stereocenters. The van der Waals surface area contributed by atoms with Gasteiger partial charge in [-0.1, -0.05) is 44.2 Å². The van der Waals surface area contributed by atoms with Crippen LogP contribution in [0, 0.1) is 5.92 Å². The Hall–Kier alpha value is -1.39. The van der Waals surface area contributed by atoms with Crippen LogP contribution >= 0.6 is 0 Å². The van der Waals surface area contributed by atoms with Gasteiger partial charge >= 0.3 is 0 Å². The summed E-state index contributed by atoms with van der Waals surface area (Å²) < 4.78 is 0. The van der Waals surface area contributed by atoms with Crippen LogP contribution in [0.5, 0.6) is 0 Å². The first-order valence-corrected chi connectivity index (χ1v) is 8.80. The lowest BCUT2D eigenvalue weighted by atomic mass is 10.0. The van der Waals surface area contributed by atoms with E-state index in [1.807, 2.05) is 0 Å². The maximum absolute atomic E-state index is 11.7. The lowest BCUT2D eigenvalue weighted by molar-refractivity contribution is -0.121. The normalized spacial score (nSPS) is 19.9. The fraction of sp³-hybridized carbons (Fsp3) is 0.632. The number of carbonyl (C=O) groups excluding carboxylic acids is 1. The van der Waals surface area contributed by atoms with E-state index in [0.29, 0.717) is 18.4 Å². The molecule has 1 atom stereocenters. The molecule has 2 rings (SSSR count). The molecule has 4 nitrogen and oxygen atoms in total. The summed E-state index contributed by atoms with van der Waals surface area (Å²) in [5.74, 6) is 0.605. The van der Waals surface area contributed by atoms with Crippen molar-refractivity contribution in [2.45, 2.75) is 32.7 Å². The van der Waals surface area contributed by atoms with Gasteiger partial charge in [-0.2, -0.15) is 0 Å². The van der Waals surface area contributed by atoms with E-state index in [2.05, 4.69) is 66.3 Å². The van der Waals surface area contributed by atoms with Gasteiger partial charge in [0.25, 0.3) is 0 Å². The molecule has 0 aromatic heterocycles. The SMILES string of the molecule is CC(C)CC(=O)NCCCN1CCN(C)CC1c1ccccc1. The molecule has 1 N–H and O–H groups in total. The van der Waals surface area contributed by atoms with Gasteiger partial charge in [-0.3, -0.25) is 9.69 Å². The van der Waals surface area contributed by atoms with E-state index in [0.717, 1.165) is 39.1 Å². The van der Waals surface area contributed by atoms with E-state index in [4.69, 9.17) is 0 Å². The average molecular weight is 317 g/mol. The van der Waals surface area contributed by atoms with E-state index in [1.54, 1.807) is 0 Å². The number of amides is 1. The molecule has 0 bridgehead atoms. The van der Waals surface area contributed by atoms with Crippen LogP contribution in [0.3, 0.4) is 0 Å². The number of likely N-dealkylation sites (N-methyl/N-ethyl adjacent to an activating group) is 1. The Balaban J connectivity index is 1.81. The van der Waals surface area contributed by atoms with Crippen molar-refractivity contribution in [3.63, 3.8) is 0 Å². The summed E-state index contributed by atoms with van der Waals surface area (Å²) in [6, 6.07) is 11.2. The van der Waals surface area contributed by atoms with Gasteiger partial charge in [-0.25, -0.2) is 0 Å². The van der Waals surface area contributed by atoms with E-state index in [9.17, 15) is 4.79 Å². The first-order valence-electron chi connectivity index (χ1n) is 8.80. The second kappa shape index (κ2) is 9.04. The van der Waals surface area contributed by atoms with Crippen LogP contribution in [0.4, 0.5) is 0 Å². The van der Waals surface area contributed by atoms with Crippen molar-refractivity contribution in [3.05, 3.63) is 35.9 Å². The first-order chi connectivity index (χ1) is 11.1. The molecule has 1 aromatic rings. The summed E-state index contributed by atoms with van der Waals surface area (Å²) in [6.07, 6.45) is 1.64. The van der Waals surface area contributed by atoms with Gasteiger partial charge < -0.3 is 10.2 Å². The number of hydrogen-bond donors (Lipinski definition) is 1. The third-order valence-electron chi connectivity index (χ3n) is 4.42. The van der Waals surface area contributed by atoms with Crippen LogP contribution in [0.2, 0.25) is 0 Å². The number of nitrogens with zero attached hydrogens (tertiary/aromatic N) is 2. The van der Waals surface area contributed by atoms with Gasteiger partial charge in [0.05, 0.1) is 0 Å². The van der Waals surface area contributed by atoms with Crippen LogP contribution in [-0.2, 0) is 4.79 Å². The summed E-state index contributed by atoms with van der Waals surface area (Å²) >= 11 is 0. The number of benzene rings is 1. The molecule has 1 heterocycles. The first kappa shape index (κ1) is 18.0. The largest absolute Gasteiger partial charge is 0.356 e. The fourth-order valence-electron chi connectivity index (χ4n) is 3.17. The lowest BCUT2D eigenvalue weighted by Crippen LogP contribution is -2.47. The van der Waals surface area contributed by atoms with Crippen molar-refractivity contribution in [1.82, 2.24) is 15.1 Å². The van der Waals surface area contributed by atoms with Crippen molar-refractivity contribution in [1.29, 1.82) is 0 Å². The van der Waals surface area contributed by atoms with E-state index < -0.39 is 0 Å². The highest BCUT2D eigenvalue weighted by molar-refractivity contribution is 5.75. The molecule has 4 heteroatoms. The van der Waals surface area contributed by atoms with Crippen LogP contribution in [0.1, 0.15) is 38.3 Å². The molecule has 0 aliphatic carbocycles. The average Bonchev–Trinajstić information content (AvgIpc) is 2.53. The monoisotopic (exact) mass is 317 g/mol. The Labute approximate surface area is 140 Å². The topological polar surface area (TPSA) is 35.6 Å². The van der Waals surface area contributed by atoms with Gasteiger partial charge in [0.2, 0.25) is 5.91 Å². The third kappa shape index (κ3) is 5.96. The van der Waals surface area contributed by atoms with E-state index >= 15 is 0 Å². The highest BCUT2D eigenvalue weighted by atomic mass is 16.1. The summed E-state index contributed by atoms with van der Waals surface area (Å²) in [7, 11) is 2.19. The number of hydrogen-bond acceptors (Lipinski definition) is 3. The highest BCUT2D eigenvalue weighted by Crippen LogP contribution is 2.24. The molecule has 0 saturated carbocycles. The molecule has 1 fully saturated rings. The molecule has 1 aliphatic heterocycles. The zero-order valence-electron chi connectivity index (χ0n) is 14.8. The summed E-state index contributed by atoms with van der Waals surface area (Å²) in [5, 5.41) is 3.04. The summed E-state index contributed by atoms with van der Waals surface area (Å²) in [4.78, 5) is 16.7. The summed E-state index contributed by atoms with van der Waals surface area (Å²) in [6.45, 7) is 9.25. The Bertz CT molecular complexity index is 475. The maximum Gasteiger partial charge on any atom is 0.220 e. The van der Waals surface area contributed by atoms with Gasteiger partial charge in [0.15, 0.2) is 0 Å². The molecule has 1 saturated heterocycles. The zero-order chi connectivity index (χ0) is 16.7. The second-order valence-corrected chi connectivity index (χ2v) is 7.03. The standard InChI is InChI=1S/C19H31N3O/c1-16(2)14-19(23)20-10-7-11-22-13-12-21(3)15-18(22)17-8-5-4-6-9-17/h4-6,8-9,16,18H,7,10-15H2,1-3H3,(H,20,23).